The van der Waals surface area contributed by atoms with Gasteiger partial charge in [0, 0.05) is 24.6 Å². The van der Waals surface area contributed by atoms with Gasteiger partial charge in [-0.1, -0.05) is 19.1 Å². The lowest BCUT2D eigenvalue weighted by Crippen LogP contribution is -2.22. The van der Waals surface area contributed by atoms with Crippen molar-refractivity contribution in [2.45, 2.75) is 33.4 Å². The topological polar surface area (TPSA) is 68.2 Å². The van der Waals surface area contributed by atoms with E-state index in [0.29, 0.717) is 12.5 Å². The average Bonchev–Trinajstić information content (AvgIpc) is 2.93. The normalized spacial score (nSPS) is 11.6. The number of benzene rings is 1. The number of hydrogen-bond acceptors (Lipinski definition) is 2. The average molecular weight is 271 g/mol. The Balaban J connectivity index is 1.96. The number of aliphatic imine (C=N–C) groups is 1. The zero-order valence-electron chi connectivity index (χ0n) is 12.0. The molecule has 0 aliphatic heterocycles. The van der Waals surface area contributed by atoms with E-state index in [1.807, 2.05) is 22.9 Å². The fraction of sp³-hybridized carbons (Fsp3) is 0.333. The largest absolute Gasteiger partial charge is 0.370 e. The molecular weight excluding hydrogens is 250 g/mol. The van der Waals surface area contributed by atoms with Gasteiger partial charge in [0.15, 0.2) is 5.96 Å². The molecule has 0 saturated heterocycles. The Morgan fingerprint density at radius 3 is 2.70 bits per heavy atom. The molecule has 1 heterocycles. The van der Waals surface area contributed by atoms with Crippen molar-refractivity contribution >= 4 is 11.6 Å². The van der Waals surface area contributed by atoms with E-state index in [9.17, 15) is 0 Å². The van der Waals surface area contributed by atoms with Crippen LogP contribution >= 0.6 is 0 Å². The van der Waals surface area contributed by atoms with Crippen molar-refractivity contribution in [2.24, 2.45) is 10.7 Å². The number of aryl methyl sites for hydroxylation is 2. The number of aromatic nitrogens is 2. The first kappa shape index (κ1) is 14.1. The number of rotatable bonds is 5. The number of guanidine groups is 1. The van der Waals surface area contributed by atoms with Gasteiger partial charge in [-0.25, -0.2) is 9.98 Å². The van der Waals surface area contributed by atoms with Gasteiger partial charge in [-0.3, -0.25) is 0 Å². The Labute approximate surface area is 119 Å². The highest BCUT2D eigenvalue weighted by atomic mass is 15.1. The first-order valence-electron chi connectivity index (χ1n) is 6.88. The van der Waals surface area contributed by atoms with Crippen LogP contribution in [0.1, 0.15) is 25.2 Å². The summed E-state index contributed by atoms with van der Waals surface area (Å²) in [5.74, 6) is 1.32. The van der Waals surface area contributed by atoms with Gasteiger partial charge in [-0.2, -0.15) is 0 Å². The van der Waals surface area contributed by atoms with E-state index in [4.69, 9.17) is 5.73 Å². The van der Waals surface area contributed by atoms with Crippen LogP contribution in [0.4, 0.5) is 5.69 Å². The molecule has 0 radical (unpaired) electrons. The van der Waals surface area contributed by atoms with Gasteiger partial charge in [0.2, 0.25) is 0 Å². The third kappa shape index (κ3) is 3.60. The standard InChI is InChI=1S/C15H21N5/c1-3-12-5-7-13(8-6-12)19-15(16)18-11-14-17-9-10-20(14)4-2/h5-10H,3-4,11H2,1-2H3,(H3,16,18,19). The van der Waals surface area contributed by atoms with Crippen molar-refractivity contribution in [1.82, 2.24) is 9.55 Å². The Kier molecular flexibility index (Phi) is 4.76. The quantitative estimate of drug-likeness (QED) is 0.648. The summed E-state index contributed by atoms with van der Waals surface area (Å²) in [7, 11) is 0. The summed E-state index contributed by atoms with van der Waals surface area (Å²) in [6.07, 6.45) is 4.75. The Hall–Kier alpha value is -2.30. The van der Waals surface area contributed by atoms with Crippen LogP contribution in [-0.2, 0) is 19.5 Å². The molecule has 1 aromatic carbocycles. The Morgan fingerprint density at radius 1 is 1.30 bits per heavy atom. The summed E-state index contributed by atoms with van der Waals surface area (Å²) in [5.41, 5.74) is 8.13. The van der Waals surface area contributed by atoms with Crippen LogP contribution in [0.3, 0.4) is 0 Å². The Bertz CT molecular complexity index is 568. The molecule has 0 saturated carbocycles. The highest BCUT2D eigenvalue weighted by Crippen LogP contribution is 2.09. The Morgan fingerprint density at radius 2 is 2.05 bits per heavy atom. The lowest BCUT2D eigenvalue weighted by atomic mass is 10.1. The van der Waals surface area contributed by atoms with E-state index >= 15 is 0 Å². The molecule has 0 fully saturated rings. The molecular formula is C15H21N5. The molecule has 5 nitrogen and oxygen atoms in total. The second kappa shape index (κ2) is 6.75. The first-order valence-corrected chi connectivity index (χ1v) is 6.88. The fourth-order valence-corrected chi connectivity index (χ4v) is 1.95. The van der Waals surface area contributed by atoms with E-state index < -0.39 is 0 Å². The lowest BCUT2D eigenvalue weighted by Gasteiger charge is -2.07. The number of imidazole rings is 1. The van der Waals surface area contributed by atoms with Crippen molar-refractivity contribution in [3.05, 3.63) is 48.0 Å². The van der Waals surface area contributed by atoms with Crippen molar-refractivity contribution in [2.75, 3.05) is 5.32 Å². The van der Waals surface area contributed by atoms with Crippen LogP contribution in [0.2, 0.25) is 0 Å². The van der Waals surface area contributed by atoms with E-state index in [1.165, 1.54) is 5.56 Å². The summed E-state index contributed by atoms with van der Waals surface area (Å²) < 4.78 is 2.05. The third-order valence-corrected chi connectivity index (χ3v) is 3.17. The molecule has 0 unspecified atom stereocenters. The summed E-state index contributed by atoms with van der Waals surface area (Å²) in [6.45, 7) is 5.57. The monoisotopic (exact) mass is 271 g/mol. The van der Waals surface area contributed by atoms with Gasteiger partial charge in [0.1, 0.15) is 12.4 Å². The van der Waals surface area contributed by atoms with Crippen LogP contribution in [0, 0.1) is 0 Å². The van der Waals surface area contributed by atoms with Crippen LogP contribution in [-0.4, -0.2) is 15.5 Å². The molecule has 0 atom stereocenters. The lowest BCUT2D eigenvalue weighted by molar-refractivity contribution is 0.699. The van der Waals surface area contributed by atoms with Gasteiger partial charge in [0.25, 0.3) is 0 Å². The molecule has 2 rings (SSSR count). The molecule has 20 heavy (non-hydrogen) atoms. The SMILES string of the molecule is CCc1ccc(NC(N)=NCc2nccn2CC)cc1. The van der Waals surface area contributed by atoms with E-state index in [-0.39, 0.29) is 0 Å². The molecule has 106 valence electrons. The molecule has 5 heteroatoms. The summed E-state index contributed by atoms with van der Waals surface area (Å²) >= 11 is 0. The van der Waals surface area contributed by atoms with Crippen LogP contribution < -0.4 is 11.1 Å². The summed E-state index contributed by atoms with van der Waals surface area (Å²) in [4.78, 5) is 8.57. The predicted molar refractivity (Wildman–Crippen MR) is 82.7 cm³/mol. The van der Waals surface area contributed by atoms with Crippen molar-refractivity contribution < 1.29 is 0 Å². The van der Waals surface area contributed by atoms with Gasteiger partial charge >= 0.3 is 0 Å². The highest BCUT2D eigenvalue weighted by molar-refractivity contribution is 5.92. The van der Waals surface area contributed by atoms with Crippen molar-refractivity contribution in [3.63, 3.8) is 0 Å². The smallest absolute Gasteiger partial charge is 0.193 e. The third-order valence-electron chi connectivity index (χ3n) is 3.17. The molecule has 0 spiro atoms. The first-order chi connectivity index (χ1) is 9.72. The van der Waals surface area contributed by atoms with E-state index in [0.717, 1.165) is 24.5 Å². The number of nitrogens with one attached hydrogen (secondary N) is 1. The molecule has 0 aliphatic carbocycles. The van der Waals surface area contributed by atoms with Crippen LogP contribution in [0.15, 0.2) is 41.7 Å². The molecule has 0 amide bonds. The van der Waals surface area contributed by atoms with Gasteiger partial charge in [-0.05, 0) is 31.0 Å². The van der Waals surface area contributed by atoms with Gasteiger partial charge < -0.3 is 15.6 Å². The minimum absolute atomic E-state index is 0.403. The van der Waals surface area contributed by atoms with Crippen LogP contribution in [0.25, 0.3) is 0 Å². The number of nitrogens with two attached hydrogens (primary N) is 1. The number of anilines is 1. The molecule has 2 aromatic rings. The zero-order valence-corrected chi connectivity index (χ0v) is 12.0. The summed E-state index contributed by atoms with van der Waals surface area (Å²) in [5, 5.41) is 3.08. The summed E-state index contributed by atoms with van der Waals surface area (Å²) in [6, 6.07) is 8.18. The minimum Gasteiger partial charge on any atom is -0.370 e. The fourth-order valence-electron chi connectivity index (χ4n) is 1.95. The number of nitrogens with zero attached hydrogens (tertiary/aromatic N) is 3. The predicted octanol–water partition coefficient (Wildman–Crippen LogP) is 2.39. The second-order valence-electron chi connectivity index (χ2n) is 4.51. The maximum absolute atomic E-state index is 5.89. The van der Waals surface area contributed by atoms with E-state index in [2.05, 4.69) is 41.3 Å². The van der Waals surface area contributed by atoms with Crippen molar-refractivity contribution in [3.8, 4) is 0 Å². The zero-order chi connectivity index (χ0) is 14.4. The molecule has 0 aliphatic rings. The van der Waals surface area contributed by atoms with E-state index in [1.54, 1.807) is 6.20 Å². The maximum Gasteiger partial charge on any atom is 0.193 e. The van der Waals surface area contributed by atoms with Gasteiger partial charge in [0.05, 0.1) is 0 Å². The van der Waals surface area contributed by atoms with Gasteiger partial charge in [-0.15, -0.1) is 0 Å². The molecule has 3 N–H and O–H groups in total. The van der Waals surface area contributed by atoms with Crippen molar-refractivity contribution in [1.29, 1.82) is 0 Å². The molecule has 1 aromatic heterocycles. The maximum atomic E-state index is 5.89. The second-order valence-corrected chi connectivity index (χ2v) is 4.51. The highest BCUT2D eigenvalue weighted by Gasteiger charge is 2.00. The minimum atomic E-state index is 0.403. The number of hydrogen-bond donors (Lipinski definition) is 2. The molecule has 0 bridgehead atoms. The van der Waals surface area contributed by atoms with Crippen LogP contribution in [0.5, 0.6) is 0 Å².